The van der Waals surface area contributed by atoms with Crippen molar-refractivity contribution in [2.75, 3.05) is 0 Å². The Morgan fingerprint density at radius 2 is 2.23 bits per heavy atom. The number of benzene rings is 1. The molecule has 0 unspecified atom stereocenters. The molecule has 0 aliphatic carbocycles. The maximum Gasteiger partial charge on any atom is 0.312 e. The summed E-state index contributed by atoms with van der Waals surface area (Å²) in [5.41, 5.74) is 0.155. The molecule has 4 nitrogen and oxygen atoms in total. The number of hydrogen-bond acceptors (Lipinski definition) is 3. The van der Waals surface area contributed by atoms with Crippen molar-refractivity contribution in [3.8, 4) is 0 Å². The van der Waals surface area contributed by atoms with E-state index in [1.54, 1.807) is 18.2 Å². The number of para-hydroxylation sites is 1. The van der Waals surface area contributed by atoms with Crippen molar-refractivity contribution in [2.24, 2.45) is 0 Å². The van der Waals surface area contributed by atoms with E-state index in [0.29, 0.717) is 5.39 Å². The molecule has 0 saturated carbocycles. The van der Waals surface area contributed by atoms with Gasteiger partial charge in [-0.3, -0.25) is 10.1 Å². The maximum atomic E-state index is 10.5. The van der Waals surface area contributed by atoms with Crippen LogP contribution in [0.5, 0.6) is 0 Å². The average molecular weight is 198 g/mol. The molecular formula is C8H4ClNO3. The molecule has 0 saturated heterocycles. The van der Waals surface area contributed by atoms with Gasteiger partial charge in [-0.25, -0.2) is 0 Å². The van der Waals surface area contributed by atoms with E-state index in [0.717, 1.165) is 0 Å². The molecule has 1 aromatic carbocycles. The minimum Gasteiger partial charge on any atom is -0.437 e. The number of hydrogen-bond donors (Lipinski definition) is 0. The molecule has 5 heteroatoms. The Kier molecular flexibility index (Phi) is 1.70. The topological polar surface area (TPSA) is 56.3 Å². The van der Waals surface area contributed by atoms with Crippen molar-refractivity contribution in [3.05, 3.63) is 39.6 Å². The molecule has 0 atom stereocenters. The monoisotopic (exact) mass is 197 g/mol. The minimum absolute atomic E-state index is 0.0654. The number of nitro groups is 1. The third kappa shape index (κ3) is 1.25. The summed E-state index contributed by atoms with van der Waals surface area (Å²) >= 11 is 5.57. The number of non-ortho nitro benzene ring substituents is 1. The lowest BCUT2D eigenvalue weighted by Gasteiger charge is -1.90. The highest BCUT2D eigenvalue weighted by Crippen LogP contribution is 2.30. The summed E-state index contributed by atoms with van der Waals surface area (Å²) < 4.78 is 4.98. The minimum atomic E-state index is -0.498. The van der Waals surface area contributed by atoms with E-state index in [2.05, 4.69) is 0 Å². The van der Waals surface area contributed by atoms with Crippen molar-refractivity contribution >= 4 is 28.3 Å². The fourth-order valence-corrected chi connectivity index (χ4v) is 1.35. The highest BCUT2D eigenvalue weighted by atomic mass is 35.5. The fraction of sp³-hybridized carbons (Fsp3) is 0. The number of fused-ring (bicyclic) bond motifs is 1. The first-order chi connectivity index (χ1) is 6.18. The van der Waals surface area contributed by atoms with E-state index in [-0.39, 0.29) is 16.5 Å². The lowest BCUT2D eigenvalue weighted by Crippen LogP contribution is -1.86. The normalized spacial score (nSPS) is 10.5. The smallest absolute Gasteiger partial charge is 0.312 e. The van der Waals surface area contributed by atoms with Crippen LogP contribution in [0, 0.1) is 10.1 Å². The lowest BCUT2D eigenvalue weighted by molar-refractivity contribution is -0.383. The van der Waals surface area contributed by atoms with E-state index >= 15 is 0 Å². The summed E-state index contributed by atoms with van der Waals surface area (Å²) in [6.07, 6.45) is 0. The van der Waals surface area contributed by atoms with Crippen LogP contribution in [-0.2, 0) is 0 Å². The molecule has 66 valence electrons. The second-order valence-electron chi connectivity index (χ2n) is 2.50. The van der Waals surface area contributed by atoms with Crippen molar-refractivity contribution in [2.45, 2.75) is 0 Å². The van der Waals surface area contributed by atoms with E-state index in [9.17, 15) is 10.1 Å². The van der Waals surface area contributed by atoms with Gasteiger partial charge in [0.25, 0.3) is 0 Å². The SMILES string of the molecule is O=[N+]([O-])c1cccc2cc(Cl)oc12. The predicted molar refractivity (Wildman–Crippen MR) is 47.9 cm³/mol. The van der Waals surface area contributed by atoms with Gasteiger partial charge >= 0.3 is 5.69 Å². The Labute approximate surface area is 77.9 Å². The van der Waals surface area contributed by atoms with Crippen molar-refractivity contribution in [1.82, 2.24) is 0 Å². The maximum absolute atomic E-state index is 10.5. The third-order valence-electron chi connectivity index (χ3n) is 1.69. The van der Waals surface area contributed by atoms with Gasteiger partial charge in [0, 0.05) is 17.5 Å². The Bertz CT molecular complexity index is 477. The van der Waals surface area contributed by atoms with Gasteiger partial charge in [0.2, 0.25) is 5.58 Å². The Morgan fingerprint density at radius 3 is 2.92 bits per heavy atom. The van der Waals surface area contributed by atoms with E-state index in [4.69, 9.17) is 16.0 Å². The highest BCUT2D eigenvalue weighted by molar-refractivity contribution is 6.29. The third-order valence-corrected chi connectivity index (χ3v) is 1.88. The molecule has 1 aromatic heterocycles. The van der Waals surface area contributed by atoms with Gasteiger partial charge in [-0.1, -0.05) is 12.1 Å². The second-order valence-corrected chi connectivity index (χ2v) is 2.88. The van der Waals surface area contributed by atoms with Crippen LogP contribution >= 0.6 is 11.6 Å². The zero-order valence-electron chi connectivity index (χ0n) is 6.36. The largest absolute Gasteiger partial charge is 0.437 e. The molecular weight excluding hydrogens is 194 g/mol. The molecule has 0 amide bonds. The van der Waals surface area contributed by atoms with Crippen molar-refractivity contribution in [3.63, 3.8) is 0 Å². The van der Waals surface area contributed by atoms with Crippen molar-refractivity contribution in [1.29, 1.82) is 0 Å². The lowest BCUT2D eigenvalue weighted by atomic mass is 10.2. The highest BCUT2D eigenvalue weighted by Gasteiger charge is 2.15. The van der Waals surface area contributed by atoms with Crippen LogP contribution in [0.3, 0.4) is 0 Å². The number of nitrogens with zero attached hydrogens (tertiary/aromatic N) is 1. The van der Waals surface area contributed by atoms with Gasteiger partial charge in [-0.2, -0.15) is 0 Å². The van der Waals surface area contributed by atoms with Crippen LogP contribution in [0.1, 0.15) is 0 Å². The number of rotatable bonds is 1. The standard InChI is InChI=1S/C8H4ClNO3/c9-7-4-5-2-1-3-6(10(11)12)8(5)13-7/h1-4H. The van der Waals surface area contributed by atoms with E-state index < -0.39 is 4.92 Å². The summed E-state index contributed by atoms with van der Waals surface area (Å²) in [6.45, 7) is 0. The fourth-order valence-electron chi connectivity index (χ4n) is 1.16. The molecule has 0 spiro atoms. The molecule has 0 radical (unpaired) electrons. The van der Waals surface area contributed by atoms with Crippen LogP contribution in [-0.4, -0.2) is 4.92 Å². The molecule has 2 rings (SSSR count). The van der Waals surface area contributed by atoms with Gasteiger partial charge in [0.15, 0.2) is 5.22 Å². The van der Waals surface area contributed by atoms with Crippen LogP contribution in [0.4, 0.5) is 5.69 Å². The summed E-state index contributed by atoms with van der Waals surface area (Å²) in [6, 6.07) is 6.22. The molecule has 0 bridgehead atoms. The van der Waals surface area contributed by atoms with Gasteiger partial charge in [-0.05, 0) is 11.6 Å². The zero-order chi connectivity index (χ0) is 9.42. The summed E-state index contributed by atoms with van der Waals surface area (Å²) in [5.74, 6) is 0. The van der Waals surface area contributed by atoms with Crippen LogP contribution in [0.25, 0.3) is 11.0 Å². The Morgan fingerprint density at radius 1 is 1.46 bits per heavy atom. The van der Waals surface area contributed by atoms with E-state index in [1.807, 2.05) is 0 Å². The van der Waals surface area contributed by atoms with Crippen LogP contribution in [0.15, 0.2) is 28.7 Å². The Hall–Kier alpha value is -1.55. The number of furan rings is 1. The molecule has 0 N–H and O–H groups in total. The second kappa shape index (κ2) is 2.74. The summed E-state index contributed by atoms with van der Waals surface area (Å²) in [5, 5.41) is 11.3. The first kappa shape index (κ1) is 8.07. The summed E-state index contributed by atoms with van der Waals surface area (Å²) in [7, 11) is 0. The van der Waals surface area contributed by atoms with Crippen molar-refractivity contribution < 1.29 is 9.34 Å². The first-order valence-corrected chi connectivity index (χ1v) is 3.89. The zero-order valence-corrected chi connectivity index (χ0v) is 7.12. The predicted octanol–water partition coefficient (Wildman–Crippen LogP) is 2.99. The summed E-state index contributed by atoms with van der Waals surface area (Å²) in [4.78, 5) is 10.0. The molecule has 0 aliphatic rings. The average Bonchev–Trinajstić information content (AvgIpc) is 2.43. The molecule has 2 aromatic rings. The quantitative estimate of drug-likeness (QED) is 0.522. The molecule has 1 heterocycles. The molecule has 0 aliphatic heterocycles. The first-order valence-electron chi connectivity index (χ1n) is 3.51. The number of halogens is 1. The molecule has 13 heavy (non-hydrogen) atoms. The van der Waals surface area contributed by atoms with Crippen LogP contribution in [0.2, 0.25) is 5.22 Å². The van der Waals surface area contributed by atoms with Gasteiger partial charge in [-0.15, -0.1) is 0 Å². The number of nitro benzene ring substituents is 1. The van der Waals surface area contributed by atoms with E-state index in [1.165, 1.54) is 6.07 Å². The van der Waals surface area contributed by atoms with Gasteiger partial charge < -0.3 is 4.42 Å². The van der Waals surface area contributed by atoms with Gasteiger partial charge in [0.05, 0.1) is 4.92 Å². The van der Waals surface area contributed by atoms with Gasteiger partial charge in [0.1, 0.15) is 0 Å². The van der Waals surface area contributed by atoms with Crippen LogP contribution < -0.4 is 0 Å². The molecule has 0 fully saturated rings. The Balaban J connectivity index is 2.82.